The van der Waals surface area contributed by atoms with Crippen molar-refractivity contribution in [2.45, 2.75) is 20.0 Å². The second-order valence-electron chi connectivity index (χ2n) is 4.44. The van der Waals surface area contributed by atoms with Crippen LogP contribution in [0.25, 0.3) is 0 Å². The maximum Gasteiger partial charge on any atom is 0.158 e. The zero-order valence-electron chi connectivity index (χ0n) is 11.2. The minimum Gasteiger partial charge on any atom is -0.351 e. The van der Waals surface area contributed by atoms with Gasteiger partial charge in [0, 0.05) is 18.9 Å². The average Bonchev–Trinajstić information content (AvgIpc) is 2.65. The molecule has 0 bridgehead atoms. The second kappa shape index (κ2) is 4.69. The van der Waals surface area contributed by atoms with Crippen LogP contribution in [0.2, 0.25) is 0 Å². The van der Waals surface area contributed by atoms with E-state index in [1.165, 1.54) is 0 Å². The average molecular weight is 241 g/mol. The first-order valence-corrected chi connectivity index (χ1v) is 6.04. The summed E-state index contributed by atoms with van der Waals surface area (Å²) in [5, 5.41) is 0. The molecule has 0 aromatic carbocycles. The van der Waals surface area contributed by atoms with Crippen molar-refractivity contribution in [2.75, 3.05) is 16.8 Å². The van der Waals surface area contributed by atoms with Gasteiger partial charge in [-0.05, 0) is 37.6 Å². The normalized spacial score (nSPS) is 19.4. The number of rotatable bonds is 3. The van der Waals surface area contributed by atoms with Gasteiger partial charge in [-0.25, -0.2) is 4.98 Å². The standard InChI is InChI=1S/C15H19N3/c1-6-11(3)13(7-2)18-12(4)17(5)14-9-8-10-16-15(14)18/h6-10,12H,1-2H2,3-5H3/b13-11+/t12-/m0/s1. The van der Waals surface area contributed by atoms with Crippen molar-refractivity contribution in [1.29, 1.82) is 0 Å². The van der Waals surface area contributed by atoms with E-state index in [-0.39, 0.29) is 6.17 Å². The van der Waals surface area contributed by atoms with E-state index in [0.29, 0.717) is 0 Å². The molecule has 3 nitrogen and oxygen atoms in total. The van der Waals surface area contributed by atoms with E-state index in [1.54, 1.807) is 0 Å². The predicted molar refractivity (Wildman–Crippen MR) is 77.7 cm³/mol. The number of hydrogen-bond donors (Lipinski definition) is 0. The van der Waals surface area contributed by atoms with E-state index in [2.05, 4.69) is 48.0 Å². The number of fused-ring (bicyclic) bond motifs is 1. The van der Waals surface area contributed by atoms with Gasteiger partial charge in [0.1, 0.15) is 6.17 Å². The highest BCUT2D eigenvalue weighted by atomic mass is 15.4. The highest BCUT2D eigenvalue weighted by Gasteiger charge is 2.33. The molecule has 2 rings (SSSR count). The summed E-state index contributed by atoms with van der Waals surface area (Å²) in [5.74, 6) is 0.976. The number of aromatic nitrogens is 1. The van der Waals surface area contributed by atoms with Crippen LogP contribution in [0.5, 0.6) is 0 Å². The predicted octanol–water partition coefficient (Wildman–Crippen LogP) is 3.33. The van der Waals surface area contributed by atoms with Gasteiger partial charge in [-0.3, -0.25) is 0 Å². The highest BCUT2D eigenvalue weighted by Crippen LogP contribution is 2.39. The van der Waals surface area contributed by atoms with E-state index in [0.717, 1.165) is 22.8 Å². The Balaban J connectivity index is 2.59. The molecule has 1 aromatic rings. The molecule has 2 heterocycles. The molecule has 1 aliphatic heterocycles. The molecule has 3 heteroatoms. The Hall–Kier alpha value is -2.03. The SMILES string of the molecule is C=C/C(C)=C(\C=C)N1c2ncccc2N(C)[C@@H]1C. The molecule has 0 saturated heterocycles. The Labute approximate surface area is 109 Å². The molecule has 1 aliphatic rings. The lowest BCUT2D eigenvalue weighted by molar-refractivity contribution is 0.711. The van der Waals surface area contributed by atoms with Crippen LogP contribution in [0.3, 0.4) is 0 Å². The van der Waals surface area contributed by atoms with Crippen LogP contribution >= 0.6 is 0 Å². The van der Waals surface area contributed by atoms with Gasteiger partial charge in [0.2, 0.25) is 0 Å². The first-order valence-electron chi connectivity index (χ1n) is 6.04. The van der Waals surface area contributed by atoms with Crippen LogP contribution in [0.4, 0.5) is 11.5 Å². The van der Waals surface area contributed by atoms with Crippen molar-refractivity contribution in [1.82, 2.24) is 4.98 Å². The fourth-order valence-corrected chi connectivity index (χ4v) is 2.27. The lowest BCUT2D eigenvalue weighted by Crippen LogP contribution is -2.38. The van der Waals surface area contributed by atoms with Gasteiger partial charge in [0.25, 0.3) is 0 Å². The van der Waals surface area contributed by atoms with E-state index in [4.69, 9.17) is 0 Å². The molecule has 0 fully saturated rings. The maximum absolute atomic E-state index is 4.50. The van der Waals surface area contributed by atoms with Gasteiger partial charge in [-0.1, -0.05) is 19.2 Å². The topological polar surface area (TPSA) is 19.4 Å². The summed E-state index contributed by atoms with van der Waals surface area (Å²) < 4.78 is 0. The smallest absolute Gasteiger partial charge is 0.158 e. The molecule has 0 unspecified atom stereocenters. The molecule has 0 saturated carbocycles. The first-order chi connectivity index (χ1) is 8.61. The Bertz CT molecular complexity index is 516. The van der Waals surface area contributed by atoms with E-state index in [9.17, 15) is 0 Å². The molecule has 18 heavy (non-hydrogen) atoms. The fourth-order valence-electron chi connectivity index (χ4n) is 2.27. The van der Waals surface area contributed by atoms with Crippen LogP contribution in [0, 0.1) is 0 Å². The number of anilines is 2. The minimum absolute atomic E-state index is 0.220. The third kappa shape index (κ3) is 1.72. The Morgan fingerprint density at radius 1 is 1.39 bits per heavy atom. The summed E-state index contributed by atoms with van der Waals surface area (Å²) in [6.07, 6.45) is 5.76. The Morgan fingerprint density at radius 3 is 2.72 bits per heavy atom. The monoisotopic (exact) mass is 241 g/mol. The summed E-state index contributed by atoms with van der Waals surface area (Å²) in [7, 11) is 2.08. The van der Waals surface area contributed by atoms with Gasteiger partial charge in [-0.15, -0.1) is 0 Å². The number of nitrogens with zero attached hydrogens (tertiary/aromatic N) is 3. The maximum atomic E-state index is 4.50. The van der Waals surface area contributed by atoms with Gasteiger partial charge >= 0.3 is 0 Å². The van der Waals surface area contributed by atoms with E-state index in [1.807, 2.05) is 31.3 Å². The van der Waals surface area contributed by atoms with Crippen molar-refractivity contribution in [3.05, 3.63) is 54.9 Å². The molecule has 94 valence electrons. The first kappa shape index (κ1) is 12.4. The number of allylic oxidation sites excluding steroid dienone is 3. The molecule has 0 amide bonds. The van der Waals surface area contributed by atoms with Crippen molar-refractivity contribution < 1.29 is 0 Å². The quantitative estimate of drug-likeness (QED) is 0.757. The van der Waals surface area contributed by atoms with Crippen molar-refractivity contribution in [3.63, 3.8) is 0 Å². The molecule has 1 aromatic heterocycles. The van der Waals surface area contributed by atoms with Gasteiger partial charge in [0.05, 0.1) is 5.69 Å². The van der Waals surface area contributed by atoms with Crippen LogP contribution in [0.15, 0.2) is 54.9 Å². The van der Waals surface area contributed by atoms with Crippen LogP contribution in [-0.4, -0.2) is 18.2 Å². The molecular weight excluding hydrogens is 222 g/mol. The fraction of sp³-hybridized carbons (Fsp3) is 0.267. The number of pyridine rings is 1. The lowest BCUT2D eigenvalue weighted by Gasteiger charge is -2.28. The van der Waals surface area contributed by atoms with Crippen molar-refractivity contribution in [3.8, 4) is 0 Å². The van der Waals surface area contributed by atoms with Gasteiger partial charge < -0.3 is 9.80 Å². The van der Waals surface area contributed by atoms with Crippen molar-refractivity contribution >= 4 is 11.5 Å². The molecule has 0 spiro atoms. The molecular formula is C15H19N3. The zero-order chi connectivity index (χ0) is 13.3. The minimum atomic E-state index is 0.220. The molecule has 1 atom stereocenters. The Morgan fingerprint density at radius 2 is 2.11 bits per heavy atom. The van der Waals surface area contributed by atoms with E-state index >= 15 is 0 Å². The van der Waals surface area contributed by atoms with Crippen LogP contribution in [0.1, 0.15) is 13.8 Å². The summed E-state index contributed by atoms with van der Waals surface area (Å²) >= 11 is 0. The van der Waals surface area contributed by atoms with Crippen molar-refractivity contribution in [2.24, 2.45) is 0 Å². The molecule has 0 N–H and O–H groups in total. The summed E-state index contributed by atoms with van der Waals surface area (Å²) in [5.41, 5.74) is 3.30. The van der Waals surface area contributed by atoms with Gasteiger partial charge in [0.15, 0.2) is 5.82 Å². The van der Waals surface area contributed by atoms with Crippen LogP contribution in [-0.2, 0) is 0 Å². The summed E-state index contributed by atoms with van der Waals surface area (Å²) in [4.78, 5) is 8.90. The van der Waals surface area contributed by atoms with E-state index < -0.39 is 0 Å². The largest absolute Gasteiger partial charge is 0.351 e. The third-order valence-electron chi connectivity index (χ3n) is 3.47. The Kier molecular flexibility index (Phi) is 3.24. The van der Waals surface area contributed by atoms with Crippen LogP contribution < -0.4 is 9.80 Å². The number of hydrogen-bond acceptors (Lipinski definition) is 3. The molecule has 0 radical (unpaired) electrons. The zero-order valence-corrected chi connectivity index (χ0v) is 11.2. The highest BCUT2D eigenvalue weighted by molar-refractivity contribution is 5.76. The lowest BCUT2D eigenvalue weighted by atomic mass is 10.2. The molecule has 0 aliphatic carbocycles. The summed E-state index contributed by atoms with van der Waals surface area (Å²) in [6, 6.07) is 4.05. The van der Waals surface area contributed by atoms with Gasteiger partial charge in [-0.2, -0.15) is 0 Å². The third-order valence-corrected chi connectivity index (χ3v) is 3.47. The summed E-state index contributed by atoms with van der Waals surface area (Å²) in [6.45, 7) is 11.9. The second-order valence-corrected chi connectivity index (χ2v) is 4.44.